The fraction of sp³-hybridized carbons (Fsp3) is 0.250. The standard InChI is InChI=1S/C16H16O3/c17-14(12-15(18)16-10-5-11-19-16)9-4-8-13-6-2-1-3-7-13/h1-3,5-7,10-11H,4,8-9,12H2. The van der Waals surface area contributed by atoms with Gasteiger partial charge in [0.05, 0.1) is 12.7 Å². The van der Waals surface area contributed by atoms with Crippen LogP contribution in [-0.4, -0.2) is 11.6 Å². The van der Waals surface area contributed by atoms with E-state index in [1.54, 1.807) is 12.1 Å². The van der Waals surface area contributed by atoms with Crippen LogP contribution in [0.1, 0.15) is 35.4 Å². The summed E-state index contributed by atoms with van der Waals surface area (Å²) in [6.07, 6.45) is 3.44. The maximum Gasteiger partial charge on any atom is 0.205 e. The maximum atomic E-state index is 11.7. The highest BCUT2D eigenvalue weighted by molar-refractivity contribution is 6.06. The minimum Gasteiger partial charge on any atom is -0.461 e. The number of furan rings is 1. The molecule has 0 radical (unpaired) electrons. The first-order chi connectivity index (χ1) is 9.25. The third-order valence-electron chi connectivity index (χ3n) is 2.92. The highest BCUT2D eigenvalue weighted by Crippen LogP contribution is 2.09. The smallest absolute Gasteiger partial charge is 0.205 e. The Hall–Kier alpha value is -2.16. The number of hydrogen-bond acceptors (Lipinski definition) is 3. The second-order valence-electron chi connectivity index (χ2n) is 4.46. The van der Waals surface area contributed by atoms with E-state index in [1.807, 2.05) is 30.3 Å². The van der Waals surface area contributed by atoms with Gasteiger partial charge in [0, 0.05) is 6.42 Å². The summed E-state index contributed by atoms with van der Waals surface area (Å²) in [4.78, 5) is 23.3. The summed E-state index contributed by atoms with van der Waals surface area (Å²) < 4.78 is 4.97. The zero-order valence-electron chi connectivity index (χ0n) is 10.7. The molecule has 1 aromatic heterocycles. The predicted molar refractivity (Wildman–Crippen MR) is 72.0 cm³/mol. The van der Waals surface area contributed by atoms with E-state index in [9.17, 15) is 9.59 Å². The highest BCUT2D eigenvalue weighted by atomic mass is 16.3. The van der Waals surface area contributed by atoms with Crippen molar-refractivity contribution >= 4 is 11.6 Å². The monoisotopic (exact) mass is 256 g/mol. The Morgan fingerprint density at radius 1 is 1.00 bits per heavy atom. The zero-order chi connectivity index (χ0) is 13.5. The van der Waals surface area contributed by atoms with Crippen molar-refractivity contribution in [3.05, 3.63) is 60.1 Å². The summed E-state index contributed by atoms with van der Waals surface area (Å²) in [6, 6.07) is 13.2. The molecule has 0 amide bonds. The van der Waals surface area contributed by atoms with Gasteiger partial charge >= 0.3 is 0 Å². The molecule has 0 spiro atoms. The second-order valence-corrected chi connectivity index (χ2v) is 4.46. The van der Waals surface area contributed by atoms with Crippen LogP contribution in [0.5, 0.6) is 0 Å². The number of rotatable bonds is 7. The summed E-state index contributed by atoms with van der Waals surface area (Å²) >= 11 is 0. The van der Waals surface area contributed by atoms with Crippen molar-refractivity contribution in [3.8, 4) is 0 Å². The molecular weight excluding hydrogens is 240 g/mol. The SMILES string of the molecule is O=C(CCCc1ccccc1)CC(=O)c1ccco1. The largest absolute Gasteiger partial charge is 0.461 e. The van der Waals surface area contributed by atoms with Gasteiger partial charge < -0.3 is 4.42 Å². The first kappa shape index (κ1) is 13.3. The average Bonchev–Trinajstić information content (AvgIpc) is 2.94. The lowest BCUT2D eigenvalue weighted by Crippen LogP contribution is -2.07. The Morgan fingerprint density at radius 2 is 1.79 bits per heavy atom. The Balaban J connectivity index is 1.72. The Bertz CT molecular complexity index is 526. The quantitative estimate of drug-likeness (QED) is 0.563. The molecule has 0 saturated heterocycles. The van der Waals surface area contributed by atoms with Gasteiger partial charge in [-0.3, -0.25) is 9.59 Å². The Morgan fingerprint density at radius 3 is 2.47 bits per heavy atom. The Labute approximate surface area is 112 Å². The summed E-state index contributed by atoms with van der Waals surface area (Å²) in [5.74, 6) is -0.0107. The molecule has 98 valence electrons. The lowest BCUT2D eigenvalue weighted by Gasteiger charge is -2.01. The van der Waals surface area contributed by atoms with Crippen LogP contribution in [0.4, 0.5) is 0 Å². The van der Waals surface area contributed by atoms with E-state index in [4.69, 9.17) is 4.42 Å². The van der Waals surface area contributed by atoms with E-state index < -0.39 is 0 Å². The van der Waals surface area contributed by atoms with E-state index in [0.717, 1.165) is 12.8 Å². The number of Topliss-reactive ketones (excluding diaryl/α,β-unsaturated/α-hetero) is 2. The topological polar surface area (TPSA) is 47.3 Å². The van der Waals surface area contributed by atoms with Crippen molar-refractivity contribution in [2.24, 2.45) is 0 Å². The minimum atomic E-state index is -0.241. The average molecular weight is 256 g/mol. The number of carbonyl (C=O) groups is 2. The van der Waals surface area contributed by atoms with Gasteiger partial charge in [0.2, 0.25) is 5.78 Å². The molecule has 0 aliphatic carbocycles. The third-order valence-corrected chi connectivity index (χ3v) is 2.92. The molecule has 3 heteroatoms. The van der Waals surface area contributed by atoms with Gasteiger partial charge in [0.1, 0.15) is 5.78 Å². The normalized spacial score (nSPS) is 10.3. The van der Waals surface area contributed by atoms with Crippen LogP contribution < -0.4 is 0 Å². The van der Waals surface area contributed by atoms with Crippen LogP contribution in [0.15, 0.2) is 53.1 Å². The molecule has 3 nitrogen and oxygen atoms in total. The molecule has 1 aromatic carbocycles. The number of hydrogen-bond donors (Lipinski definition) is 0. The second kappa shape index (κ2) is 6.69. The van der Waals surface area contributed by atoms with E-state index in [2.05, 4.69) is 0 Å². The van der Waals surface area contributed by atoms with Gasteiger partial charge in [-0.2, -0.15) is 0 Å². The number of carbonyl (C=O) groups excluding carboxylic acids is 2. The third kappa shape index (κ3) is 4.21. The molecule has 0 fully saturated rings. The van der Waals surface area contributed by atoms with Crippen LogP contribution in [0, 0.1) is 0 Å². The zero-order valence-corrected chi connectivity index (χ0v) is 10.7. The predicted octanol–water partition coefficient (Wildman–Crippen LogP) is 3.44. The van der Waals surface area contributed by atoms with Crippen molar-refractivity contribution in [2.75, 3.05) is 0 Å². The Kier molecular flexibility index (Phi) is 4.67. The summed E-state index contributed by atoms with van der Waals surface area (Å²) in [7, 11) is 0. The molecule has 2 aromatic rings. The number of aryl methyl sites for hydroxylation is 1. The molecule has 0 saturated carbocycles. The van der Waals surface area contributed by atoms with Gasteiger partial charge in [0.15, 0.2) is 5.76 Å². The van der Waals surface area contributed by atoms with Crippen LogP contribution in [0.3, 0.4) is 0 Å². The van der Waals surface area contributed by atoms with Crippen molar-refractivity contribution < 1.29 is 14.0 Å². The van der Waals surface area contributed by atoms with Crippen molar-refractivity contribution in [1.29, 1.82) is 0 Å². The van der Waals surface area contributed by atoms with Gasteiger partial charge in [-0.05, 0) is 30.5 Å². The fourth-order valence-corrected chi connectivity index (χ4v) is 1.93. The molecule has 0 aliphatic rings. The molecule has 0 aliphatic heterocycles. The molecular formula is C16H16O3. The van der Waals surface area contributed by atoms with Crippen molar-refractivity contribution in [2.45, 2.75) is 25.7 Å². The molecule has 19 heavy (non-hydrogen) atoms. The first-order valence-electron chi connectivity index (χ1n) is 6.38. The van der Waals surface area contributed by atoms with Gasteiger partial charge in [0.25, 0.3) is 0 Å². The molecule has 1 heterocycles. The number of ketones is 2. The molecule has 0 unspecified atom stereocenters. The van der Waals surface area contributed by atoms with Crippen molar-refractivity contribution in [1.82, 2.24) is 0 Å². The van der Waals surface area contributed by atoms with E-state index in [0.29, 0.717) is 6.42 Å². The number of benzene rings is 1. The molecule has 0 N–H and O–H groups in total. The fourth-order valence-electron chi connectivity index (χ4n) is 1.93. The first-order valence-corrected chi connectivity index (χ1v) is 6.38. The van der Waals surface area contributed by atoms with Gasteiger partial charge in [-0.25, -0.2) is 0 Å². The lowest BCUT2D eigenvalue weighted by atomic mass is 10.0. The van der Waals surface area contributed by atoms with E-state index in [-0.39, 0.29) is 23.7 Å². The maximum absolute atomic E-state index is 11.7. The summed E-state index contributed by atoms with van der Waals surface area (Å²) in [5.41, 5.74) is 1.22. The van der Waals surface area contributed by atoms with Gasteiger partial charge in [-0.1, -0.05) is 30.3 Å². The van der Waals surface area contributed by atoms with E-state index in [1.165, 1.54) is 11.8 Å². The van der Waals surface area contributed by atoms with Crippen LogP contribution in [-0.2, 0) is 11.2 Å². The lowest BCUT2D eigenvalue weighted by molar-refractivity contribution is -0.118. The van der Waals surface area contributed by atoms with Crippen LogP contribution in [0.25, 0.3) is 0 Å². The van der Waals surface area contributed by atoms with Crippen molar-refractivity contribution in [3.63, 3.8) is 0 Å². The van der Waals surface area contributed by atoms with E-state index >= 15 is 0 Å². The molecule has 0 bridgehead atoms. The van der Waals surface area contributed by atoms with Gasteiger partial charge in [-0.15, -0.1) is 0 Å². The minimum absolute atomic E-state index is 0.0302. The highest BCUT2D eigenvalue weighted by Gasteiger charge is 2.13. The summed E-state index contributed by atoms with van der Waals surface area (Å²) in [6.45, 7) is 0. The molecule has 0 atom stereocenters. The molecule has 2 rings (SSSR count). The summed E-state index contributed by atoms with van der Waals surface area (Å²) in [5, 5.41) is 0. The van der Waals surface area contributed by atoms with Crippen LogP contribution >= 0.6 is 0 Å². The van der Waals surface area contributed by atoms with Crippen LogP contribution in [0.2, 0.25) is 0 Å².